The van der Waals surface area contributed by atoms with Crippen molar-refractivity contribution in [3.63, 3.8) is 0 Å². The van der Waals surface area contributed by atoms with Crippen molar-refractivity contribution in [2.24, 2.45) is 17.8 Å². The van der Waals surface area contributed by atoms with Gasteiger partial charge in [0.05, 0.1) is 24.5 Å². The molecular formula is C29H38BrNO5. The predicted molar refractivity (Wildman–Crippen MR) is 143 cm³/mol. The summed E-state index contributed by atoms with van der Waals surface area (Å²) in [6, 6.07) is 5.23. The van der Waals surface area contributed by atoms with Gasteiger partial charge in [-0.1, -0.05) is 59.3 Å². The van der Waals surface area contributed by atoms with Crippen molar-refractivity contribution in [3.05, 3.63) is 45.0 Å². The van der Waals surface area contributed by atoms with Gasteiger partial charge in [-0.05, 0) is 69.2 Å². The third-order valence-electron chi connectivity index (χ3n) is 8.34. The average Bonchev–Trinajstić information content (AvgIpc) is 3.13. The Labute approximate surface area is 222 Å². The van der Waals surface area contributed by atoms with E-state index in [0.717, 1.165) is 53.3 Å². The highest BCUT2D eigenvalue weighted by atomic mass is 79.9. The first-order chi connectivity index (χ1) is 17.3. The number of carbonyl (C=O) groups is 2. The highest BCUT2D eigenvalue weighted by Gasteiger charge is 2.56. The number of allylic oxidation sites excluding steroid dienone is 2. The Morgan fingerprint density at radius 1 is 1.19 bits per heavy atom. The van der Waals surface area contributed by atoms with E-state index < -0.39 is 23.9 Å². The minimum Gasteiger partial charge on any atom is -0.507 e. The number of benzene rings is 1. The highest BCUT2D eigenvalue weighted by Crippen LogP contribution is 2.48. The van der Waals surface area contributed by atoms with Crippen LogP contribution in [0.2, 0.25) is 0 Å². The summed E-state index contributed by atoms with van der Waals surface area (Å²) in [6.07, 6.45) is 8.25. The number of phenols is 1. The minimum absolute atomic E-state index is 0.0237. The number of carbonyl (C=O) groups excluding carboxylic acids is 2. The lowest BCUT2D eigenvalue weighted by Crippen LogP contribution is -2.42. The van der Waals surface area contributed by atoms with Gasteiger partial charge in [0.15, 0.2) is 0 Å². The van der Waals surface area contributed by atoms with Gasteiger partial charge in [0.25, 0.3) is 0 Å². The largest absolute Gasteiger partial charge is 0.507 e. The van der Waals surface area contributed by atoms with Crippen molar-refractivity contribution in [3.8, 4) is 5.75 Å². The molecule has 1 heterocycles. The van der Waals surface area contributed by atoms with Crippen LogP contribution < -0.4 is 0 Å². The van der Waals surface area contributed by atoms with Crippen LogP contribution in [0.3, 0.4) is 0 Å². The number of aromatic hydroxyl groups is 1. The van der Waals surface area contributed by atoms with Crippen LogP contribution in [0.25, 0.3) is 6.08 Å². The van der Waals surface area contributed by atoms with Crippen molar-refractivity contribution in [2.45, 2.75) is 83.8 Å². The van der Waals surface area contributed by atoms with E-state index in [9.17, 15) is 24.9 Å². The quantitative estimate of drug-likeness (QED) is 0.294. The molecule has 36 heavy (non-hydrogen) atoms. The van der Waals surface area contributed by atoms with Crippen molar-refractivity contribution in [1.29, 1.82) is 0 Å². The lowest BCUT2D eigenvalue weighted by Gasteiger charge is -2.36. The van der Waals surface area contributed by atoms with Crippen LogP contribution in [0.4, 0.5) is 0 Å². The molecule has 4 rings (SSSR count). The molecule has 3 N–H and O–H groups in total. The minimum atomic E-state index is -0.802. The van der Waals surface area contributed by atoms with Crippen LogP contribution in [0.5, 0.6) is 5.75 Å². The molecule has 4 atom stereocenters. The molecule has 1 aromatic carbocycles. The summed E-state index contributed by atoms with van der Waals surface area (Å²) in [4.78, 5) is 28.5. The molecule has 2 fully saturated rings. The van der Waals surface area contributed by atoms with Gasteiger partial charge in [-0.2, -0.15) is 0 Å². The normalized spacial score (nSPS) is 26.5. The molecule has 0 aromatic heterocycles. The molecule has 1 aromatic rings. The van der Waals surface area contributed by atoms with Gasteiger partial charge < -0.3 is 15.3 Å². The van der Waals surface area contributed by atoms with Gasteiger partial charge in [0.2, 0.25) is 11.8 Å². The Kier molecular flexibility index (Phi) is 8.74. The van der Waals surface area contributed by atoms with Gasteiger partial charge in [0.1, 0.15) is 5.75 Å². The first-order valence-electron chi connectivity index (χ1n) is 13.3. The zero-order valence-electron chi connectivity index (χ0n) is 21.3. The van der Waals surface area contributed by atoms with E-state index in [2.05, 4.69) is 15.9 Å². The van der Waals surface area contributed by atoms with Crippen LogP contribution in [0, 0.1) is 17.8 Å². The van der Waals surface area contributed by atoms with Crippen LogP contribution in [0.1, 0.15) is 77.2 Å². The van der Waals surface area contributed by atoms with Crippen molar-refractivity contribution in [2.75, 3.05) is 6.61 Å². The molecular weight excluding hydrogens is 522 g/mol. The summed E-state index contributed by atoms with van der Waals surface area (Å²) in [5.74, 6) is -1.58. The van der Waals surface area contributed by atoms with E-state index in [-0.39, 0.29) is 30.2 Å². The van der Waals surface area contributed by atoms with Crippen molar-refractivity contribution < 1.29 is 24.9 Å². The number of aliphatic hydroxyl groups excluding tert-OH is 2. The number of phenolic OH excluding ortho intramolecular Hbond substituents is 1. The molecule has 2 amide bonds. The molecule has 3 aliphatic rings. The maximum atomic E-state index is 13.6. The van der Waals surface area contributed by atoms with E-state index in [1.54, 1.807) is 12.1 Å². The van der Waals surface area contributed by atoms with Gasteiger partial charge in [-0.15, -0.1) is 0 Å². The topological polar surface area (TPSA) is 98.1 Å². The van der Waals surface area contributed by atoms with Crippen LogP contribution in [0.15, 0.2) is 39.4 Å². The number of halogens is 1. The average molecular weight is 561 g/mol. The molecule has 0 spiro atoms. The molecule has 1 aliphatic heterocycles. The highest BCUT2D eigenvalue weighted by molar-refractivity contribution is 9.10. The fourth-order valence-electron chi connectivity index (χ4n) is 6.52. The Morgan fingerprint density at radius 2 is 1.92 bits per heavy atom. The maximum Gasteiger partial charge on any atom is 0.234 e. The number of aliphatic hydroxyl groups is 2. The second-order valence-corrected chi connectivity index (χ2v) is 11.5. The summed E-state index contributed by atoms with van der Waals surface area (Å²) in [7, 11) is 0. The lowest BCUT2D eigenvalue weighted by atomic mass is 9.67. The van der Waals surface area contributed by atoms with Crippen LogP contribution in [-0.2, 0) is 9.59 Å². The number of imide groups is 1. The fraction of sp³-hybridized carbons (Fsp3) is 0.586. The Bertz CT molecular complexity index is 1060. The number of fused-ring (bicyclic) bond motifs is 1. The summed E-state index contributed by atoms with van der Waals surface area (Å²) in [5, 5.41) is 31.9. The standard InChI is InChI=1S/C29H38BrNO5/c1-3-18-15-22-27(29(36)31(28(22)35)21-7-5-4-6-8-21)23(16-32)26(18)25(34)11-9-17(2)13-19-14-20(30)10-12-24(19)33/h10,12-14,21-23,25,27,32-34H,3-9,11,15-16H2,1-2H3/b17-13+/t22-,23+,25-,27-/m1/s1. The Balaban J connectivity index is 1.53. The third kappa shape index (κ3) is 5.34. The predicted octanol–water partition coefficient (Wildman–Crippen LogP) is 5.35. The third-order valence-corrected chi connectivity index (χ3v) is 8.84. The van der Waals surface area contributed by atoms with E-state index in [4.69, 9.17) is 0 Å². The molecule has 0 unspecified atom stereocenters. The number of amides is 2. The van der Waals surface area contributed by atoms with E-state index in [1.807, 2.05) is 26.0 Å². The Morgan fingerprint density at radius 3 is 2.58 bits per heavy atom. The van der Waals surface area contributed by atoms with E-state index in [0.29, 0.717) is 31.2 Å². The number of hydrogen-bond donors (Lipinski definition) is 3. The van der Waals surface area contributed by atoms with Crippen molar-refractivity contribution >= 4 is 33.8 Å². The summed E-state index contributed by atoms with van der Waals surface area (Å²) >= 11 is 3.43. The first kappa shape index (κ1) is 27.1. The second-order valence-electron chi connectivity index (χ2n) is 10.6. The smallest absolute Gasteiger partial charge is 0.234 e. The fourth-order valence-corrected chi connectivity index (χ4v) is 6.90. The summed E-state index contributed by atoms with van der Waals surface area (Å²) in [5.41, 5.74) is 3.47. The monoisotopic (exact) mass is 559 g/mol. The number of rotatable bonds is 8. The van der Waals surface area contributed by atoms with Gasteiger partial charge in [-0.3, -0.25) is 14.5 Å². The van der Waals surface area contributed by atoms with E-state index >= 15 is 0 Å². The molecule has 0 radical (unpaired) electrons. The van der Waals surface area contributed by atoms with Gasteiger partial charge >= 0.3 is 0 Å². The number of nitrogens with zero attached hydrogens (tertiary/aromatic N) is 1. The summed E-state index contributed by atoms with van der Waals surface area (Å²) < 4.78 is 0.873. The number of hydrogen-bond acceptors (Lipinski definition) is 5. The van der Waals surface area contributed by atoms with E-state index in [1.165, 1.54) is 4.90 Å². The molecule has 0 bridgehead atoms. The lowest BCUT2D eigenvalue weighted by molar-refractivity contribution is -0.143. The molecule has 2 aliphatic carbocycles. The van der Waals surface area contributed by atoms with Gasteiger partial charge in [0, 0.05) is 22.0 Å². The molecule has 1 saturated carbocycles. The summed E-state index contributed by atoms with van der Waals surface area (Å²) in [6.45, 7) is 3.72. The first-order valence-corrected chi connectivity index (χ1v) is 14.1. The maximum absolute atomic E-state index is 13.6. The van der Waals surface area contributed by atoms with Gasteiger partial charge in [-0.25, -0.2) is 0 Å². The van der Waals surface area contributed by atoms with Crippen molar-refractivity contribution in [1.82, 2.24) is 4.90 Å². The van der Waals surface area contributed by atoms with Crippen LogP contribution >= 0.6 is 15.9 Å². The Hall–Kier alpha value is -1.96. The molecule has 7 heteroatoms. The molecule has 6 nitrogen and oxygen atoms in total. The molecule has 1 saturated heterocycles. The zero-order chi connectivity index (χ0) is 26.0. The zero-order valence-corrected chi connectivity index (χ0v) is 22.8. The SMILES string of the molecule is CCC1=C([C@H](O)CC/C(C)=C/c2cc(Br)ccc2O)[C@H](CO)[C@@H]2C(=O)N(C3CCCCC3)C(=O)[C@@H]2C1. The second kappa shape index (κ2) is 11.6. The molecule has 196 valence electrons. The van der Waals surface area contributed by atoms with Crippen LogP contribution in [-0.4, -0.2) is 50.8 Å². The number of likely N-dealkylation sites (tertiary alicyclic amines) is 1.